The second-order valence-corrected chi connectivity index (χ2v) is 9.55. The predicted molar refractivity (Wildman–Crippen MR) is 133 cm³/mol. The molecule has 2 aliphatic rings. The molecule has 1 saturated carbocycles. The average molecular weight is 479 g/mol. The van der Waals surface area contributed by atoms with Crippen molar-refractivity contribution in [3.63, 3.8) is 0 Å². The number of carbonyl (C=O) groups excluding carboxylic acids is 2. The highest BCUT2D eigenvalue weighted by Crippen LogP contribution is 2.44. The average Bonchev–Trinajstić information content (AvgIpc) is 3.19. The lowest BCUT2D eigenvalue weighted by Crippen LogP contribution is -2.47. The van der Waals surface area contributed by atoms with E-state index in [-0.39, 0.29) is 30.3 Å². The first kappa shape index (κ1) is 24.8. The summed E-state index contributed by atoms with van der Waals surface area (Å²) in [6.07, 6.45) is 3.99. The van der Waals surface area contributed by atoms with Crippen LogP contribution in [-0.2, 0) is 14.3 Å². The normalized spacial score (nSPS) is 19.8. The van der Waals surface area contributed by atoms with E-state index in [9.17, 15) is 19.5 Å². The van der Waals surface area contributed by atoms with Gasteiger partial charge in [-0.05, 0) is 47.4 Å². The molecule has 35 heavy (non-hydrogen) atoms. The van der Waals surface area contributed by atoms with Crippen molar-refractivity contribution in [2.75, 3.05) is 13.2 Å². The van der Waals surface area contributed by atoms with E-state index in [4.69, 9.17) is 4.74 Å². The molecule has 7 heteroatoms. The largest absolute Gasteiger partial charge is 0.480 e. The van der Waals surface area contributed by atoms with Gasteiger partial charge in [0, 0.05) is 18.4 Å². The van der Waals surface area contributed by atoms with E-state index in [1.807, 2.05) is 31.2 Å². The van der Waals surface area contributed by atoms with Gasteiger partial charge < -0.3 is 20.5 Å². The fraction of sp³-hybridized carbons (Fsp3) is 0.464. The first-order valence-corrected chi connectivity index (χ1v) is 12.6. The molecule has 0 spiro atoms. The van der Waals surface area contributed by atoms with Crippen molar-refractivity contribution in [1.82, 2.24) is 10.6 Å². The number of carboxylic acid groups (broad SMARTS) is 1. The van der Waals surface area contributed by atoms with Crippen molar-refractivity contribution in [3.8, 4) is 11.1 Å². The van der Waals surface area contributed by atoms with E-state index >= 15 is 0 Å². The molecular formula is C28H34N2O5. The Balaban J connectivity index is 1.32. The maximum absolute atomic E-state index is 12.9. The van der Waals surface area contributed by atoms with E-state index in [1.54, 1.807) is 0 Å². The van der Waals surface area contributed by atoms with E-state index in [0.717, 1.165) is 30.4 Å². The number of carbonyl (C=O) groups is 3. The molecule has 3 N–H and O–H groups in total. The molecule has 3 atom stereocenters. The van der Waals surface area contributed by atoms with Crippen LogP contribution in [0.25, 0.3) is 11.1 Å². The number of aliphatic carboxylic acids is 1. The molecular weight excluding hydrogens is 444 g/mol. The van der Waals surface area contributed by atoms with Crippen molar-refractivity contribution in [1.29, 1.82) is 0 Å². The quantitative estimate of drug-likeness (QED) is 0.485. The summed E-state index contributed by atoms with van der Waals surface area (Å²) in [5.74, 6) is -1.60. The van der Waals surface area contributed by atoms with Gasteiger partial charge in [0.2, 0.25) is 5.91 Å². The molecule has 0 unspecified atom stereocenters. The van der Waals surface area contributed by atoms with Crippen LogP contribution >= 0.6 is 0 Å². The van der Waals surface area contributed by atoms with Crippen LogP contribution < -0.4 is 10.6 Å². The molecule has 2 aromatic rings. The first-order chi connectivity index (χ1) is 17.0. The van der Waals surface area contributed by atoms with Crippen LogP contribution in [0.4, 0.5) is 4.79 Å². The minimum atomic E-state index is -1.01. The lowest BCUT2D eigenvalue weighted by atomic mass is 9.78. The van der Waals surface area contributed by atoms with E-state index in [0.29, 0.717) is 25.8 Å². The highest BCUT2D eigenvalue weighted by Gasteiger charge is 2.34. The van der Waals surface area contributed by atoms with Gasteiger partial charge in [0.1, 0.15) is 12.6 Å². The summed E-state index contributed by atoms with van der Waals surface area (Å²) in [5, 5.41) is 14.9. The van der Waals surface area contributed by atoms with Crippen LogP contribution in [0.1, 0.15) is 62.5 Å². The number of hydrogen-bond acceptors (Lipinski definition) is 4. The molecule has 2 aromatic carbocycles. The summed E-state index contributed by atoms with van der Waals surface area (Å²) in [6.45, 7) is 2.47. The molecule has 2 amide bonds. The van der Waals surface area contributed by atoms with Crippen LogP contribution in [0, 0.1) is 11.8 Å². The highest BCUT2D eigenvalue weighted by atomic mass is 16.5. The Morgan fingerprint density at radius 2 is 1.63 bits per heavy atom. The number of rotatable bonds is 9. The molecule has 186 valence electrons. The molecule has 7 nitrogen and oxygen atoms in total. The highest BCUT2D eigenvalue weighted by molar-refractivity contribution is 5.85. The molecule has 0 saturated heterocycles. The fourth-order valence-corrected chi connectivity index (χ4v) is 5.49. The predicted octanol–water partition coefficient (Wildman–Crippen LogP) is 4.70. The van der Waals surface area contributed by atoms with Crippen LogP contribution in [-0.4, -0.2) is 42.3 Å². The van der Waals surface area contributed by atoms with Crippen molar-refractivity contribution in [2.45, 2.75) is 57.4 Å². The van der Waals surface area contributed by atoms with E-state index < -0.39 is 18.1 Å². The molecule has 1 fully saturated rings. The van der Waals surface area contributed by atoms with Gasteiger partial charge in [-0.1, -0.05) is 74.7 Å². The number of alkyl carbamates (subject to hydrolysis) is 1. The van der Waals surface area contributed by atoms with Gasteiger partial charge >= 0.3 is 12.1 Å². The van der Waals surface area contributed by atoms with Crippen LogP contribution in [0.2, 0.25) is 0 Å². The van der Waals surface area contributed by atoms with Gasteiger partial charge in [0.05, 0.1) is 0 Å². The van der Waals surface area contributed by atoms with Gasteiger partial charge in [-0.3, -0.25) is 4.79 Å². The number of hydrogen-bond donors (Lipinski definition) is 3. The number of amides is 2. The minimum Gasteiger partial charge on any atom is -0.480 e. The fourth-order valence-electron chi connectivity index (χ4n) is 5.49. The first-order valence-electron chi connectivity index (χ1n) is 12.6. The lowest BCUT2D eigenvalue weighted by Gasteiger charge is -2.31. The summed E-state index contributed by atoms with van der Waals surface area (Å²) in [7, 11) is 0. The molecule has 0 aliphatic heterocycles. The topological polar surface area (TPSA) is 105 Å². The molecule has 0 bridgehead atoms. The van der Waals surface area contributed by atoms with Crippen LogP contribution in [0.5, 0.6) is 0 Å². The smallest absolute Gasteiger partial charge is 0.407 e. The number of ether oxygens (including phenoxy) is 1. The maximum Gasteiger partial charge on any atom is 0.407 e. The molecule has 2 aliphatic carbocycles. The van der Waals surface area contributed by atoms with E-state index in [1.165, 1.54) is 11.1 Å². The molecule has 0 radical (unpaired) electrons. The van der Waals surface area contributed by atoms with E-state index in [2.05, 4.69) is 34.9 Å². The molecule has 4 rings (SSSR count). The summed E-state index contributed by atoms with van der Waals surface area (Å²) in [6, 6.07) is 15.5. The molecule has 0 aromatic heterocycles. The lowest BCUT2D eigenvalue weighted by molar-refractivity contribution is -0.143. The zero-order valence-corrected chi connectivity index (χ0v) is 20.2. The summed E-state index contributed by atoms with van der Waals surface area (Å²) >= 11 is 0. The third kappa shape index (κ3) is 5.66. The minimum absolute atomic E-state index is 0.00660. The number of benzene rings is 2. The van der Waals surface area contributed by atoms with Gasteiger partial charge in [-0.15, -0.1) is 0 Å². The summed E-state index contributed by atoms with van der Waals surface area (Å²) in [4.78, 5) is 36.9. The summed E-state index contributed by atoms with van der Waals surface area (Å²) < 4.78 is 5.63. The standard InChI is InChI=1S/C28H34N2O5/c1-2-9-25(27(32)33)30-26(31)19-11-4-3-10-18(19)16-29-28(34)35-17-24-22-14-7-5-12-20(22)21-13-6-8-15-23(21)24/h5-8,12-15,18-19,24-25H,2-4,9-11,16-17H2,1H3,(H,29,34)(H,30,31)(H,32,33)/t18-,19-,25-/m1/s1. The van der Waals surface area contributed by atoms with Crippen molar-refractivity contribution in [3.05, 3.63) is 59.7 Å². The van der Waals surface area contributed by atoms with Gasteiger partial charge in [0.15, 0.2) is 0 Å². The third-order valence-electron chi connectivity index (χ3n) is 7.29. The number of carboxylic acids is 1. The maximum atomic E-state index is 12.9. The van der Waals surface area contributed by atoms with Crippen LogP contribution in [0.15, 0.2) is 48.5 Å². The Kier molecular flexibility index (Phi) is 8.06. The summed E-state index contributed by atoms with van der Waals surface area (Å²) in [5.41, 5.74) is 4.67. The number of fused-ring (bicyclic) bond motifs is 3. The Morgan fingerprint density at radius 3 is 2.26 bits per heavy atom. The van der Waals surface area contributed by atoms with Crippen molar-refractivity contribution < 1.29 is 24.2 Å². The Hall–Kier alpha value is -3.35. The Bertz CT molecular complexity index is 1020. The van der Waals surface area contributed by atoms with Gasteiger partial charge in [-0.2, -0.15) is 0 Å². The van der Waals surface area contributed by atoms with Crippen LogP contribution in [0.3, 0.4) is 0 Å². The Labute approximate surface area is 206 Å². The van der Waals surface area contributed by atoms with Gasteiger partial charge in [0.25, 0.3) is 0 Å². The Morgan fingerprint density at radius 1 is 1.00 bits per heavy atom. The number of nitrogens with one attached hydrogen (secondary N) is 2. The second-order valence-electron chi connectivity index (χ2n) is 9.55. The SMILES string of the molecule is CCC[C@@H](NC(=O)[C@@H]1CCCC[C@@H]1CNC(=O)OCC1c2ccccc2-c2ccccc21)C(=O)O. The second kappa shape index (κ2) is 11.4. The van der Waals surface area contributed by atoms with Crippen molar-refractivity contribution in [2.24, 2.45) is 11.8 Å². The zero-order valence-electron chi connectivity index (χ0n) is 20.2. The monoisotopic (exact) mass is 478 g/mol. The van der Waals surface area contributed by atoms with Crippen molar-refractivity contribution >= 4 is 18.0 Å². The molecule has 0 heterocycles. The van der Waals surface area contributed by atoms with Gasteiger partial charge in [-0.25, -0.2) is 9.59 Å². The third-order valence-corrected chi connectivity index (χ3v) is 7.29. The zero-order chi connectivity index (χ0) is 24.8.